The summed E-state index contributed by atoms with van der Waals surface area (Å²) in [4.78, 5) is 166. The average Bonchev–Trinajstić information content (AvgIpc) is 0.863. The Morgan fingerprint density at radius 1 is 0.427 bits per heavy atom. The molecule has 4 aromatic carbocycles. The Hall–Kier alpha value is -9.11. The van der Waals surface area contributed by atoms with Gasteiger partial charge in [-0.1, -0.05) is 212 Å². The van der Waals surface area contributed by atoms with E-state index < -0.39 is 128 Å². The van der Waals surface area contributed by atoms with E-state index in [1.807, 2.05) is 121 Å². The van der Waals surface area contributed by atoms with Crippen LogP contribution in [0.25, 0.3) is 0 Å². The van der Waals surface area contributed by atoms with Crippen LogP contribution in [0.1, 0.15) is 190 Å². The SMILES string of the molecule is CCCCCCCCCCCCCCCC(=O)N(CC(N)=O)C[C@H](CCCCN)NC(=O)CN1C[C@H](Cc2ccccc2)NC(=O)CN(C(=O)CCCN)C[C@H](Cc2ccccc2)NC(=O)CN(C(=O)CCCN)C[C@H](Cc2ccccc2)NC(=O)CN(C(=O)CCCN)C[C@H](Cc2ccccc2)NC(=O)CCC1=O. The van der Waals surface area contributed by atoms with Crippen LogP contribution in [0.4, 0.5) is 0 Å². The number of nitrogens with zero attached hydrogens (tertiary/aromatic N) is 5. The van der Waals surface area contributed by atoms with Crippen LogP contribution in [0.3, 0.4) is 0 Å². The maximum Gasteiger partial charge on any atom is 0.239 e. The predicted octanol–water partition coefficient (Wildman–Crippen LogP) is 5.63. The van der Waals surface area contributed by atoms with Crippen LogP contribution in [-0.4, -0.2) is 211 Å². The third-order valence-corrected chi connectivity index (χ3v) is 19.6. The number of benzene rings is 4. The number of amides is 11. The predicted molar refractivity (Wildman–Crippen MR) is 430 cm³/mol. The molecule has 110 heavy (non-hydrogen) atoms. The molecule has 1 aliphatic rings. The Kier molecular flexibility index (Phi) is 45.3. The van der Waals surface area contributed by atoms with E-state index in [2.05, 4.69) is 33.5 Å². The highest BCUT2D eigenvalue weighted by atomic mass is 16.2. The van der Waals surface area contributed by atoms with Gasteiger partial charge in [-0.05, 0) is 113 Å². The van der Waals surface area contributed by atoms with Gasteiger partial charge in [0, 0.05) is 77.3 Å². The number of hydrogen-bond donors (Lipinski definition) is 10. The normalized spacial score (nSPS) is 17.3. The summed E-state index contributed by atoms with van der Waals surface area (Å²) in [5, 5.41) is 15.4. The zero-order valence-electron chi connectivity index (χ0n) is 65.5. The molecule has 1 aliphatic heterocycles. The highest BCUT2D eigenvalue weighted by Crippen LogP contribution is 2.18. The molecular weight excluding hydrogens is 1400 g/mol. The fraction of sp³-hybridized carbons (Fsp3) is 0.583. The van der Waals surface area contributed by atoms with Crippen LogP contribution < -0.4 is 55.3 Å². The zero-order chi connectivity index (χ0) is 79.5. The van der Waals surface area contributed by atoms with Crippen LogP contribution in [-0.2, 0) is 78.4 Å². The molecule has 0 unspecified atom stereocenters. The lowest BCUT2D eigenvalue weighted by Crippen LogP contribution is -2.55. The first-order chi connectivity index (χ1) is 53.3. The Morgan fingerprint density at radius 3 is 1.13 bits per heavy atom. The van der Waals surface area contributed by atoms with Crippen molar-refractivity contribution < 1.29 is 52.7 Å². The minimum Gasteiger partial charge on any atom is -0.368 e. The first-order valence-corrected chi connectivity index (χ1v) is 40.4. The van der Waals surface area contributed by atoms with Gasteiger partial charge in [-0.3, -0.25) is 52.7 Å². The Balaban J connectivity index is 1.58. The van der Waals surface area contributed by atoms with Crippen molar-refractivity contribution >= 4 is 65.0 Å². The first-order valence-electron chi connectivity index (χ1n) is 40.4. The van der Waals surface area contributed by atoms with Gasteiger partial charge < -0.3 is 79.8 Å². The number of hydrogen-bond acceptors (Lipinski definition) is 15. The number of nitrogens with one attached hydrogen (secondary N) is 5. The molecule has 4 aromatic rings. The van der Waals surface area contributed by atoms with E-state index >= 15 is 9.59 Å². The zero-order valence-corrected chi connectivity index (χ0v) is 65.5. The third-order valence-electron chi connectivity index (χ3n) is 19.6. The van der Waals surface area contributed by atoms with E-state index in [9.17, 15) is 43.2 Å². The topological polar surface area (TPSA) is 394 Å². The van der Waals surface area contributed by atoms with Gasteiger partial charge in [0.05, 0.1) is 56.9 Å². The van der Waals surface area contributed by atoms with E-state index in [0.717, 1.165) is 47.9 Å². The smallest absolute Gasteiger partial charge is 0.239 e. The van der Waals surface area contributed by atoms with Crippen molar-refractivity contribution in [3.63, 3.8) is 0 Å². The lowest BCUT2D eigenvalue weighted by molar-refractivity contribution is -0.139. The van der Waals surface area contributed by atoms with Crippen LogP contribution >= 0.6 is 0 Å². The Morgan fingerprint density at radius 2 is 0.773 bits per heavy atom. The summed E-state index contributed by atoms with van der Waals surface area (Å²) in [6.07, 6.45) is 16.9. The summed E-state index contributed by atoms with van der Waals surface area (Å²) in [6.45, 7) is -0.274. The maximum atomic E-state index is 15.2. The standard InChI is InChI=1S/C84H129N15O11/c1-2-3-4-5-6-7-8-9-10-11-12-13-26-41-80(106)95(60-74(89)100)55-69(40-27-28-47-85)90-76(102)61-99-59-73(54-68-38-24-17-25-39-68)94-79(105)64-98(83(109)44-31-50-88)58-72(53-67-36-22-16-23-37-67)93-78(104)63-97(82(108)43-30-49-87)57-71(52-66-34-20-15-21-35-66)92-77(103)62-96(81(107)42-29-48-86)56-70(51-65-32-18-14-19-33-65)91-75(101)45-46-84(99)110/h14-25,32-39,69-73H,2-13,26-31,40-64,85-88H2,1H3,(H2,89,100)(H,90,102)(H,91,101)(H,92,103)(H,93,104)(H,94,105)/t69-,70-,71-,72-,73-/m0/s1. The van der Waals surface area contributed by atoms with Crippen molar-refractivity contribution in [2.75, 3.05) is 91.6 Å². The number of primary amides is 1. The molecule has 5 rings (SSSR count). The maximum absolute atomic E-state index is 15.2. The minimum absolute atomic E-state index is 0.0263. The summed E-state index contributed by atoms with van der Waals surface area (Å²) >= 11 is 0. The lowest BCUT2D eigenvalue weighted by Gasteiger charge is -2.33. The molecule has 0 bridgehead atoms. The molecule has 0 aliphatic carbocycles. The van der Waals surface area contributed by atoms with Crippen molar-refractivity contribution in [3.8, 4) is 0 Å². The van der Waals surface area contributed by atoms with Crippen molar-refractivity contribution in [1.29, 1.82) is 0 Å². The van der Waals surface area contributed by atoms with Gasteiger partial charge in [0.25, 0.3) is 0 Å². The number of unbranched alkanes of at least 4 members (excludes halogenated alkanes) is 13. The van der Waals surface area contributed by atoms with Gasteiger partial charge in [-0.25, -0.2) is 0 Å². The summed E-state index contributed by atoms with van der Waals surface area (Å²) in [6, 6.07) is 32.6. The molecule has 0 spiro atoms. The largest absolute Gasteiger partial charge is 0.368 e. The molecule has 11 amide bonds. The molecule has 1 saturated heterocycles. The van der Waals surface area contributed by atoms with Crippen LogP contribution in [0.15, 0.2) is 121 Å². The van der Waals surface area contributed by atoms with E-state index in [4.69, 9.17) is 28.7 Å². The first kappa shape index (κ1) is 91.5. The van der Waals surface area contributed by atoms with E-state index in [1.54, 1.807) is 0 Å². The average molecular weight is 1530 g/mol. The molecule has 0 aromatic heterocycles. The molecule has 26 heteroatoms. The highest BCUT2D eigenvalue weighted by molar-refractivity contribution is 5.90. The monoisotopic (exact) mass is 1520 g/mol. The number of nitrogens with two attached hydrogens (primary N) is 5. The van der Waals surface area contributed by atoms with Crippen LogP contribution in [0, 0.1) is 0 Å². The van der Waals surface area contributed by atoms with Crippen molar-refractivity contribution in [1.82, 2.24) is 51.1 Å². The summed E-state index contributed by atoms with van der Waals surface area (Å²) in [5.41, 5.74) is 32.7. The molecule has 0 saturated carbocycles. The second-order valence-electron chi connectivity index (χ2n) is 29.4. The lowest BCUT2D eigenvalue weighted by atomic mass is 10.0. The van der Waals surface area contributed by atoms with E-state index in [0.29, 0.717) is 38.6 Å². The summed E-state index contributed by atoms with van der Waals surface area (Å²) < 4.78 is 0. The molecule has 5 atom stereocenters. The molecule has 26 nitrogen and oxygen atoms in total. The van der Waals surface area contributed by atoms with E-state index in [1.165, 1.54) is 75.9 Å². The number of carbonyl (C=O) groups excluding carboxylic acids is 11. The third kappa shape index (κ3) is 39.0. The van der Waals surface area contributed by atoms with Crippen molar-refractivity contribution in [2.24, 2.45) is 28.7 Å². The Labute approximate surface area is 653 Å². The van der Waals surface area contributed by atoms with Gasteiger partial charge in [-0.15, -0.1) is 0 Å². The second kappa shape index (κ2) is 54.5. The summed E-state index contributed by atoms with van der Waals surface area (Å²) in [7, 11) is 0. The van der Waals surface area contributed by atoms with Gasteiger partial charge >= 0.3 is 0 Å². The fourth-order valence-corrected chi connectivity index (χ4v) is 13.9. The van der Waals surface area contributed by atoms with Crippen molar-refractivity contribution in [2.45, 2.75) is 223 Å². The highest BCUT2D eigenvalue weighted by Gasteiger charge is 2.32. The van der Waals surface area contributed by atoms with Gasteiger partial charge in [0.1, 0.15) is 0 Å². The number of rotatable bonds is 42. The second-order valence-corrected chi connectivity index (χ2v) is 29.4. The fourth-order valence-electron chi connectivity index (χ4n) is 13.9. The van der Waals surface area contributed by atoms with Crippen LogP contribution in [0.5, 0.6) is 0 Å². The van der Waals surface area contributed by atoms with Crippen LogP contribution in [0.2, 0.25) is 0 Å². The molecule has 1 fully saturated rings. The van der Waals surface area contributed by atoms with Gasteiger partial charge in [-0.2, -0.15) is 0 Å². The Bertz CT molecular complexity index is 3360. The number of carbonyl (C=O) groups is 11. The molecule has 1 heterocycles. The van der Waals surface area contributed by atoms with E-state index in [-0.39, 0.29) is 129 Å². The molecular formula is C84H129N15O11. The quantitative estimate of drug-likeness (QED) is 0.0240. The van der Waals surface area contributed by atoms with Crippen molar-refractivity contribution in [3.05, 3.63) is 144 Å². The molecule has 0 radical (unpaired) electrons. The van der Waals surface area contributed by atoms with Gasteiger partial charge in [0.15, 0.2) is 0 Å². The minimum atomic E-state index is -0.951. The summed E-state index contributed by atoms with van der Waals surface area (Å²) in [5.74, 6) is -6.02. The van der Waals surface area contributed by atoms with Gasteiger partial charge in [0.2, 0.25) is 65.0 Å². The molecule has 606 valence electrons. The molecule has 15 N–H and O–H groups in total.